The first-order chi connectivity index (χ1) is 7.97. The number of aliphatic hydroxyl groups is 1. The van der Waals surface area contributed by atoms with Crippen LogP contribution in [0, 0.1) is 5.92 Å². The van der Waals surface area contributed by atoms with Gasteiger partial charge in [0, 0.05) is 13.1 Å². The van der Waals surface area contributed by atoms with E-state index in [0.29, 0.717) is 0 Å². The minimum Gasteiger partial charge on any atom is -0.481 e. The lowest BCUT2D eigenvalue weighted by Crippen LogP contribution is -2.45. The average Bonchev–Trinajstić information content (AvgIpc) is 2.09. The van der Waals surface area contributed by atoms with Crippen molar-refractivity contribution in [1.82, 2.24) is 4.90 Å². The van der Waals surface area contributed by atoms with Gasteiger partial charge in [0.1, 0.15) is 0 Å². The molecule has 0 saturated carbocycles. The Balaban J connectivity index is 4.77. The van der Waals surface area contributed by atoms with Crippen LogP contribution in [0.2, 0.25) is 0 Å². The molecule has 1 unspecified atom stereocenters. The molecule has 0 saturated heterocycles. The van der Waals surface area contributed by atoms with Gasteiger partial charge in [-0.25, -0.2) is 0 Å². The van der Waals surface area contributed by atoms with Gasteiger partial charge in [-0.15, -0.1) is 0 Å². The molecule has 10 heteroatoms. The number of aliphatic hydroxyl groups excluding tert-OH is 1. The van der Waals surface area contributed by atoms with Gasteiger partial charge in [-0.2, -0.15) is 26.3 Å². The zero-order valence-electron chi connectivity index (χ0n) is 8.92. The van der Waals surface area contributed by atoms with E-state index in [1.54, 1.807) is 0 Å². The van der Waals surface area contributed by atoms with Gasteiger partial charge in [0.15, 0.2) is 5.92 Å². The predicted molar refractivity (Wildman–Crippen MR) is 46.8 cm³/mol. The van der Waals surface area contributed by atoms with Gasteiger partial charge in [-0.05, 0) is 0 Å². The maximum absolute atomic E-state index is 12.3. The topological polar surface area (TPSA) is 60.8 Å². The summed E-state index contributed by atoms with van der Waals surface area (Å²) in [6.07, 6.45) is -9.92. The van der Waals surface area contributed by atoms with Crippen LogP contribution in [0.15, 0.2) is 0 Å². The van der Waals surface area contributed by atoms with E-state index in [-0.39, 0.29) is 4.90 Å². The molecule has 0 aromatic rings. The number of carboxylic acids is 1. The van der Waals surface area contributed by atoms with Crippen LogP contribution in [0.4, 0.5) is 26.3 Å². The fraction of sp³-hybridized carbons (Fsp3) is 0.875. The number of hydrogen-bond acceptors (Lipinski definition) is 3. The zero-order chi connectivity index (χ0) is 14.6. The molecular formula is C8H11F6NO3. The van der Waals surface area contributed by atoms with Crippen LogP contribution in [0.25, 0.3) is 0 Å². The number of alkyl halides is 6. The van der Waals surface area contributed by atoms with Gasteiger partial charge >= 0.3 is 18.3 Å². The van der Waals surface area contributed by atoms with Crippen molar-refractivity contribution in [2.45, 2.75) is 12.4 Å². The lowest BCUT2D eigenvalue weighted by Gasteiger charge is -2.26. The highest BCUT2D eigenvalue weighted by Gasteiger charge is 2.46. The summed E-state index contributed by atoms with van der Waals surface area (Å²) in [5.41, 5.74) is 0. The van der Waals surface area contributed by atoms with Crippen LogP contribution < -0.4 is 0 Å². The van der Waals surface area contributed by atoms with E-state index in [1.165, 1.54) is 0 Å². The van der Waals surface area contributed by atoms with E-state index < -0.39 is 50.5 Å². The maximum Gasteiger partial charge on any atom is 0.403 e. The first-order valence-corrected chi connectivity index (χ1v) is 4.67. The van der Waals surface area contributed by atoms with Gasteiger partial charge in [0.05, 0.1) is 13.2 Å². The van der Waals surface area contributed by atoms with Gasteiger partial charge < -0.3 is 10.2 Å². The van der Waals surface area contributed by atoms with Crippen molar-refractivity contribution in [1.29, 1.82) is 0 Å². The summed E-state index contributed by atoms with van der Waals surface area (Å²) in [6, 6.07) is 0. The number of hydrogen-bond donors (Lipinski definition) is 2. The Morgan fingerprint density at radius 3 is 1.94 bits per heavy atom. The fourth-order valence-corrected chi connectivity index (χ4v) is 1.21. The summed E-state index contributed by atoms with van der Waals surface area (Å²) in [7, 11) is 0. The Morgan fingerprint density at radius 1 is 1.17 bits per heavy atom. The third-order valence-corrected chi connectivity index (χ3v) is 1.95. The first-order valence-electron chi connectivity index (χ1n) is 4.67. The van der Waals surface area contributed by atoms with Crippen molar-refractivity contribution in [2.24, 2.45) is 5.92 Å². The van der Waals surface area contributed by atoms with Crippen molar-refractivity contribution in [3.63, 3.8) is 0 Å². The normalized spacial score (nSPS) is 14.9. The molecule has 4 nitrogen and oxygen atoms in total. The molecule has 0 aliphatic carbocycles. The fourth-order valence-electron chi connectivity index (χ4n) is 1.21. The summed E-state index contributed by atoms with van der Waals surface area (Å²) < 4.78 is 72.8. The standard InChI is InChI=1S/C8H11F6NO3/c9-7(10,11)4-15(1-2-16)3-5(6(17)18)8(12,13)14/h5,16H,1-4H2,(H,17,18). The van der Waals surface area contributed by atoms with Gasteiger partial charge in [0.2, 0.25) is 0 Å². The zero-order valence-corrected chi connectivity index (χ0v) is 8.92. The highest BCUT2D eigenvalue weighted by atomic mass is 19.4. The minimum absolute atomic E-state index is 0.201. The average molecular weight is 283 g/mol. The second-order valence-electron chi connectivity index (χ2n) is 3.51. The molecule has 0 heterocycles. The van der Waals surface area contributed by atoms with Gasteiger partial charge in [0.25, 0.3) is 0 Å². The van der Waals surface area contributed by atoms with Crippen LogP contribution in [-0.2, 0) is 4.79 Å². The maximum atomic E-state index is 12.3. The number of rotatable bonds is 6. The summed E-state index contributed by atoms with van der Waals surface area (Å²) in [4.78, 5) is 10.6. The first kappa shape index (κ1) is 17.0. The molecule has 0 aliphatic rings. The van der Waals surface area contributed by atoms with Crippen LogP contribution >= 0.6 is 0 Å². The summed E-state index contributed by atoms with van der Waals surface area (Å²) in [5.74, 6) is -5.18. The molecule has 0 aromatic carbocycles. The monoisotopic (exact) mass is 283 g/mol. The van der Waals surface area contributed by atoms with Crippen LogP contribution in [-0.4, -0.2) is 59.7 Å². The van der Waals surface area contributed by atoms with Gasteiger partial charge in [-0.3, -0.25) is 9.69 Å². The molecule has 0 radical (unpaired) electrons. The minimum atomic E-state index is -5.15. The number of nitrogens with zero attached hydrogens (tertiary/aromatic N) is 1. The van der Waals surface area contributed by atoms with E-state index in [1.807, 2.05) is 0 Å². The summed E-state index contributed by atoms with van der Waals surface area (Å²) >= 11 is 0. The van der Waals surface area contributed by atoms with E-state index in [9.17, 15) is 31.1 Å². The van der Waals surface area contributed by atoms with Gasteiger partial charge in [-0.1, -0.05) is 0 Å². The Hall–Kier alpha value is -1.03. The molecule has 0 bridgehead atoms. The molecule has 0 rings (SSSR count). The lowest BCUT2D eigenvalue weighted by atomic mass is 10.1. The number of carboxylic acid groups (broad SMARTS) is 1. The van der Waals surface area contributed by atoms with Crippen LogP contribution in [0.5, 0.6) is 0 Å². The quantitative estimate of drug-likeness (QED) is 0.717. The van der Waals surface area contributed by atoms with Crippen LogP contribution in [0.1, 0.15) is 0 Å². The van der Waals surface area contributed by atoms with E-state index in [4.69, 9.17) is 10.2 Å². The number of carbonyl (C=O) groups is 1. The Morgan fingerprint density at radius 2 is 1.67 bits per heavy atom. The predicted octanol–water partition coefficient (Wildman–Crippen LogP) is 1.11. The highest BCUT2D eigenvalue weighted by molar-refractivity contribution is 5.71. The molecule has 0 spiro atoms. The van der Waals surface area contributed by atoms with E-state index in [2.05, 4.69) is 0 Å². The smallest absolute Gasteiger partial charge is 0.403 e. The third-order valence-electron chi connectivity index (χ3n) is 1.95. The molecular weight excluding hydrogens is 272 g/mol. The summed E-state index contributed by atoms with van der Waals surface area (Å²) in [5, 5.41) is 16.8. The van der Waals surface area contributed by atoms with Crippen molar-refractivity contribution in [3.05, 3.63) is 0 Å². The third kappa shape index (κ3) is 6.64. The largest absolute Gasteiger partial charge is 0.481 e. The Kier molecular flexibility index (Phi) is 5.87. The molecule has 1 atom stereocenters. The Bertz CT molecular complexity index is 277. The summed E-state index contributed by atoms with van der Waals surface area (Å²) in [6.45, 7) is -4.58. The molecule has 108 valence electrons. The molecule has 0 amide bonds. The van der Waals surface area contributed by atoms with E-state index in [0.717, 1.165) is 0 Å². The molecule has 0 fully saturated rings. The molecule has 0 aliphatic heterocycles. The second-order valence-corrected chi connectivity index (χ2v) is 3.51. The van der Waals surface area contributed by atoms with Crippen molar-refractivity contribution in [2.75, 3.05) is 26.2 Å². The SMILES string of the molecule is O=C(O)C(CN(CCO)CC(F)(F)F)C(F)(F)F. The van der Waals surface area contributed by atoms with Crippen LogP contribution in [0.3, 0.4) is 0 Å². The molecule has 0 aromatic heterocycles. The van der Waals surface area contributed by atoms with E-state index >= 15 is 0 Å². The number of aliphatic carboxylic acids is 1. The highest BCUT2D eigenvalue weighted by Crippen LogP contribution is 2.28. The van der Waals surface area contributed by atoms with Crippen molar-refractivity contribution >= 4 is 5.97 Å². The Labute approximate surface area is 97.8 Å². The second kappa shape index (κ2) is 6.23. The molecule has 18 heavy (non-hydrogen) atoms. The molecule has 2 N–H and O–H groups in total. The number of halogens is 6. The van der Waals surface area contributed by atoms with Crippen molar-refractivity contribution in [3.8, 4) is 0 Å². The lowest BCUT2D eigenvalue weighted by molar-refractivity contribution is -0.202. The van der Waals surface area contributed by atoms with Crippen molar-refractivity contribution < 1.29 is 41.4 Å².